The predicted octanol–water partition coefficient (Wildman–Crippen LogP) is 4.62. The molecular formula is C25H25ClN4O3. The van der Waals surface area contributed by atoms with E-state index in [0.29, 0.717) is 49.1 Å². The van der Waals surface area contributed by atoms with E-state index in [4.69, 9.17) is 11.6 Å². The third-order valence-corrected chi connectivity index (χ3v) is 6.95. The van der Waals surface area contributed by atoms with Crippen LogP contribution in [0.15, 0.2) is 60.8 Å². The number of nitrogens with zero attached hydrogens (tertiary/aromatic N) is 4. The van der Waals surface area contributed by atoms with E-state index in [1.54, 1.807) is 23.0 Å². The van der Waals surface area contributed by atoms with Crippen LogP contribution in [0.25, 0.3) is 5.69 Å². The summed E-state index contributed by atoms with van der Waals surface area (Å²) in [5.41, 5.74) is 3.37. The zero-order valence-corrected chi connectivity index (χ0v) is 18.9. The highest BCUT2D eigenvalue weighted by Gasteiger charge is 2.36. The minimum absolute atomic E-state index is 0.0441. The summed E-state index contributed by atoms with van der Waals surface area (Å²) in [7, 11) is 0. The van der Waals surface area contributed by atoms with Gasteiger partial charge in [-0.15, -0.1) is 0 Å². The predicted molar refractivity (Wildman–Crippen MR) is 125 cm³/mol. The van der Waals surface area contributed by atoms with Crippen molar-refractivity contribution in [1.29, 1.82) is 0 Å². The maximum absolute atomic E-state index is 13.6. The highest BCUT2D eigenvalue weighted by molar-refractivity contribution is 6.30. The summed E-state index contributed by atoms with van der Waals surface area (Å²) in [6.07, 6.45) is 2.27. The first-order valence-corrected chi connectivity index (χ1v) is 11.5. The fraction of sp³-hybridized carbons (Fsp3) is 0.320. The van der Waals surface area contributed by atoms with E-state index in [1.807, 2.05) is 35.2 Å². The van der Waals surface area contributed by atoms with Gasteiger partial charge in [0.05, 0.1) is 23.1 Å². The second-order valence-electron chi connectivity index (χ2n) is 8.69. The zero-order valence-electron chi connectivity index (χ0n) is 18.1. The molecule has 1 aromatic heterocycles. The van der Waals surface area contributed by atoms with Crippen molar-refractivity contribution in [3.63, 3.8) is 0 Å². The van der Waals surface area contributed by atoms with Crippen LogP contribution in [0.4, 0.5) is 4.79 Å². The van der Waals surface area contributed by atoms with Crippen LogP contribution >= 0.6 is 11.6 Å². The first kappa shape index (κ1) is 21.5. The van der Waals surface area contributed by atoms with Crippen molar-refractivity contribution in [3.8, 4) is 5.69 Å². The average Bonchev–Trinajstić information content (AvgIpc) is 3.59. The average molecular weight is 465 g/mol. The lowest BCUT2D eigenvalue weighted by Crippen LogP contribution is -2.30. The molecule has 0 radical (unpaired) electrons. The zero-order chi connectivity index (χ0) is 22.9. The van der Waals surface area contributed by atoms with Crippen LogP contribution in [0.2, 0.25) is 5.02 Å². The molecule has 7 nitrogen and oxygen atoms in total. The summed E-state index contributed by atoms with van der Waals surface area (Å²) in [6.45, 7) is 2.15. The van der Waals surface area contributed by atoms with Crippen molar-refractivity contribution in [2.75, 3.05) is 26.2 Å². The first-order chi connectivity index (χ1) is 16.0. The molecule has 2 aromatic carbocycles. The van der Waals surface area contributed by atoms with Crippen LogP contribution in [-0.2, 0) is 0 Å². The largest absolute Gasteiger partial charge is 0.465 e. The van der Waals surface area contributed by atoms with E-state index >= 15 is 0 Å². The quantitative estimate of drug-likeness (QED) is 0.611. The van der Waals surface area contributed by atoms with E-state index in [2.05, 4.69) is 17.2 Å². The van der Waals surface area contributed by atoms with Crippen LogP contribution < -0.4 is 0 Å². The number of amides is 2. The second-order valence-corrected chi connectivity index (χ2v) is 9.13. The van der Waals surface area contributed by atoms with Crippen LogP contribution in [0.3, 0.4) is 0 Å². The molecule has 3 aromatic rings. The molecule has 3 heterocycles. The van der Waals surface area contributed by atoms with Gasteiger partial charge in [0.1, 0.15) is 0 Å². The van der Waals surface area contributed by atoms with Gasteiger partial charge in [0, 0.05) is 43.0 Å². The minimum atomic E-state index is -0.937. The fourth-order valence-corrected chi connectivity index (χ4v) is 5.10. The number of benzene rings is 2. The van der Waals surface area contributed by atoms with Gasteiger partial charge in [-0.25, -0.2) is 9.48 Å². The molecule has 2 saturated heterocycles. The Bertz CT molecular complexity index is 1160. The molecule has 0 aliphatic carbocycles. The van der Waals surface area contributed by atoms with Crippen molar-refractivity contribution >= 4 is 23.6 Å². The Balaban J connectivity index is 1.46. The molecule has 0 saturated carbocycles. The highest BCUT2D eigenvalue weighted by atomic mass is 35.5. The van der Waals surface area contributed by atoms with E-state index in [9.17, 15) is 14.7 Å². The second kappa shape index (κ2) is 8.90. The van der Waals surface area contributed by atoms with E-state index < -0.39 is 6.09 Å². The van der Waals surface area contributed by atoms with Crippen LogP contribution in [0.1, 0.15) is 46.3 Å². The Labute approximate surface area is 197 Å². The molecular weight excluding hydrogens is 440 g/mol. The third-order valence-electron chi connectivity index (χ3n) is 6.70. The van der Waals surface area contributed by atoms with Gasteiger partial charge in [-0.3, -0.25) is 4.79 Å². The van der Waals surface area contributed by atoms with Gasteiger partial charge in [0.2, 0.25) is 0 Å². The van der Waals surface area contributed by atoms with Gasteiger partial charge in [-0.05, 0) is 42.7 Å². The lowest BCUT2D eigenvalue weighted by atomic mass is 9.98. The Morgan fingerprint density at radius 3 is 2.27 bits per heavy atom. The number of likely N-dealkylation sites (tertiary alicyclic amines) is 2. The Morgan fingerprint density at radius 2 is 1.58 bits per heavy atom. The summed E-state index contributed by atoms with van der Waals surface area (Å²) in [5.74, 6) is 0.169. The van der Waals surface area contributed by atoms with Gasteiger partial charge in [-0.1, -0.05) is 41.9 Å². The van der Waals surface area contributed by atoms with Crippen molar-refractivity contribution < 1.29 is 14.7 Å². The minimum Gasteiger partial charge on any atom is -0.465 e. The van der Waals surface area contributed by atoms with Gasteiger partial charge < -0.3 is 14.9 Å². The Morgan fingerprint density at radius 1 is 0.909 bits per heavy atom. The number of halogens is 1. The van der Waals surface area contributed by atoms with Crippen molar-refractivity contribution in [2.24, 2.45) is 0 Å². The molecule has 0 bridgehead atoms. The Kier molecular flexibility index (Phi) is 5.81. The fourth-order valence-electron chi connectivity index (χ4n) is 4.97. The Hall–Kier alpha value is -3.32. The molecule has 2 aliphatic heterocycles. The highest BCUT2D eigenvalue weighted by Crippen LogP contribution is 2.34. The first-order valence-electron chi connectivity index (χ1n) is 11.2. The van der Waals surface area contributed by atoms with Crippen molar-refractivity contribution in [3.05, 3.63) is 82.6 Å². The number of aromatic nitrogens is 2. The molecule has 2 aliphatic rings. The maximum Gasteiger partial charge on any atom is 0.407 e. The molecule has 2 amide bonds. The van der Waals surface area contributed by atoms with Gasteiger partial charge >= 0.3 is 6.09 Å². The molecule has 2 fully saturated rings. The van der Waals surface area contributed by atoms with Crippen LogP contribution in [0.5, 0.6) is 0 Å². The van der Waals surface area contributed by atoms with Crippen molar-refractivity contribution in [2.45, 2.75) is 24.7 Å². The van der Waals surface area contributed by atoms with Crippen LogP contribution in [0, 0.1) is 0 Å². The summed E-state index contributed by atoms with van der Waals surface area (Å²) < 4.78 is 1.77. The summed E-state index contributed by atoms with van der Waals surface area (Å²) in [6, 6.07) is 17.6. The van der Waals surface area contributed by atoms with Crippen molar-refractivity contribution in [1.82, 2.24) is 19.6 Å². The molecule has 5 rings (SSSR count). The SMILES string of the molecule is O=C(O)N1CCC(c2c(C(=O)N3CC[C@H](c4ccccc4)C3)cnn2-c2ccc(Cl)cc2)C1. The number of carbonyl (C=O) groups is 2. The number of carboxylic acid groups (broad SMARTS) is 1. The van der Waals surface area contributed by atoms with Gasteiger partial charge in [0.25, 0.3) is 5.91 Å². The normalized spacial score (nSPS) is 20.4. The molecule has 33 heavy (non-hydrogen) atoms. The van der Waals surface area contributed by atoms with Gasteiger partial charge in [-0.2, -0.15) is 5.10 Å². The summed E-state index contributed by atoms with van der Waals surface area (Å²) in [4.78, 5) is 28.5. The van der Waals surface area contributed by atoms with E-state index in [-0.39, 0.29) is 11.8 Å². The molecule has 170 valence electrons. The standard InChI is InChI=1S/C25H25ClN4O3/c26-20-6-8-21(9-7-20)30-23(19-11-13-29(16-19)25(32)33)22(14-27-30)24(31)28-12-10-18(15-28)17-4-2-1-3-5-17/h1-9,14,18-19H,10-13,15-16H2,(H,32,33)/t18-,19?/m0/s1. The molecule has 2 atom stereocenters. The number of rotatable bonds is 4. The monoisotopic (exact) mass is 464 g/mol. The maximum atomic E-state index is 13.6. The summed E-state index contributed by atoms with van der Waals surface area (Å²) in [5, 5.41) is 14.6. The number of hydrogen-bond acceptors (Lipinski definition) is 3. The lowest BCUT2D eigenvalue weighted by Gasteiger charge is -2.20. The summed E-state index contributed by atoms with van der Waals surface area (Å²) >= 11 is 6.06. The van der Waals surface area contributed by atoms with E-state index in [1.165, 1.54) is 10.5 Å². The third kappa shape index (κ3) is 4.20. The molecule has 0 spiro atoms. The molecule has 1 N–H and O–H groups in total. The molecule has 1 unspecified atom stereocenters. The van der Waals surface area contributed by atoms with Crippen LogP contribution in [-0.4, -0.2) is 62.9 Å². The smallest absolute Gasteiger partial charge is 0.407 e. The van der Waals surface area contributed by atoms with Gasteiger partial charge in [0.15, 0.2) is 0 Å². The molecule has 8 heteroatoms. The number of hydrogen-bond donors (Lipinski definition) is 1. The van der Waals surface area contributed by atoms with E-state index in [0.717, 1.165) is 17.8 Å². The topological polar surface area (TPSA) is 78.7 Å². The lowest BCUT2D eigenvalue weighted by molar-refractivity contribution is 0.0789. The number of carbonyl (C=O) groups excluding carboxylic acids is 1.